The zero-order valence-electron chi connectivity index (χ0n) is 14.4. The molecular formula is C17H30O3Si. The summed E-state index contributed by atoms with van der Waals surface area (Å²) >= 11 is 0. The van der Waals surface area contributed by atoms with Crippen LogP contribution in [0.25, 0.3) is 0 Å². The van der Waals surface area contributed by atoms with E-state index in [4.69, 9.17) is 4.43 Å². The summed E-state index contributed by atoms with van der Waals surface area (Å²) in [5, 5.41) is 9.78. The molecule has 21 heavy (non-hydrogen) atoms. The minimum atomic E-state index is -2.00. The standard InChI is InChI=1S/C17H30O3Si/c1-15(2,3)21(5,6)20-17(12-16(17,4)14(18)19)13-10-8-7-9-11-13/h10H,7-9,11-12H2,1-6H3,(H,18,19). The summed E-state index contributed by atoms with van der Waals surface area (Å²) in [4.78, 5) is 11.8. The molecule has 0 aromatic carbocycles. The monoisotopic (exact) mass is 310 g/mol. The number of carboxylic acid groups (broad SMARTS) is 1. The minimum absolute atomic E-state index is 0.0945. The van der Waals surface area contributed by atoms with Crippen molar-refractivity contribution in [2.24, 2.45) is 5.41 Å². The smallest absolute Gasteiger partial charge is 0.312 e. The average Bonchev–Trinajstić information content (AvgIpc) is 2.96. The molecule has 2 atom stereocenters. The molecule has 4 heteroatoms. The highest BCUT2D eigenvalue weighted by Crippen LogP contribution is 2.66. The molecule has 0 radical (unpaired) electrons. The van der Waals surface area contributed by atoms with Crippen LogP contribution >= 0.6 is 0 Å². The van der Waals surface area contributed by atoms with E-state index in [1.165, 1.54) is 12.0 Å². The Bertz CT molecular complexity index is 475. The molecule has 0 heterocycles. The second kappa shape index (κ2) is 4.95. The number of hydrogen-bond acceptors (Lipinski definition) is 2. The Morgan fingerprint density at radius 3 is 2.33 bits per heavy atom. The largest absolute Gasteiger partial charge is 0.481 e. The number of rotatable bonds is 4. The fourth-order valence-corrected chi connectivity index (χ4v) is 4.78. The molecule has 0 saturated heterocycles. The lowest BCUT2D eigenvalue weighted by Gasteiger charge is -2.42. The lowest BCUT2D eigenvalue weighted by atomic mass is 9.89. The first-order valence-corrected chi connectivity index (χ1v) is 11.0. The van der Waals surface area contributed by atoms with Crippen LogP contribution in [0.1, 0.15) is 59.8 Å². The second-order valence-corrected chi connectivity index (χ2v) is 13.2. The third-order valence-corrected chi connectivity index (χ3v) is 10.4. The maximum absolute atomic E-state index is 11.8. The van der Waals surface area contributed by atoms with E-state index in [-0.39, 0.29) is 5.04 Å². The molecule has 0 aromatic heterocycles. The van der Waals surface area contributed by atoms with Crippen LogP contribution in [0, 0.1) is 5.41 Å². The van der Waals surface area contributed by atoms with Gasteiger partial charge in [0.15, 0.2) is 8.32 Å². The zero-order valence-corrected chi connectivity index (χ0v) is 15.4. The van der Waals surface area contributed by atoms with Crippen molar-refractivity contribution in [2.45, 2.75) is 83.5 Å². The summed E-state index contributed by atoms with van der Waals surface area (Å²) in [6.45, 7) is 12.9. The molecule has 2 unspecified atom stereocenters. The van der Waals surface area contributed by atoms with Gasteiger partial charge in [-0.2, -0.15) is 0 Å². The van der Waals surface area contributed by atoms with Crippen molar-refractivity contribution in [1.82, 2.24) is 0 Å². The van der Waals surface area contributed by atoms with Crippen molar-refractivity contribution in [2.75, 3.05) is 0 Å². The van der Waals surface area contributed by atoms with Crippen LogP contribution in [-0.4, -0.2) is 25.0 Å². The quantitative estimate of drug-likeness (QED) is 0.602. The van der Waals surface area contributed by atoms with Gasteiger partial charge >= 0.3 is 5.97 Å². The summed E-state index contributed by atoms with van der Waals surface area (Å²) in [5.74, 6) is -0.715. The molecular weight excluding hydrogens is 280 g/mol. The highest BCUT2D eigenvalue weighted by Gasteiger charge is 2.73. The molecule has 0 bridgehead atoms. The summed E-state index contributed by atoms with van der Waals surface area (Å²) in [6.07, 6.45) is 7.32. The number of aliphatic carboxylic acids is 1. The molecule has 1 N–H and O–H groups in total. The van der Waals surface area contributed by atoms with Crippen molar-refractivity contribution in [1.29, 1.82) is 0 Å². The van der Waals surface area contributed by atoms with Gasteiger partial charge in [0.05, 0.1) is 11.0 Å². The Morgan fingerprint density at radius 1 is 1.33 bits per heavy atom. The topological polar surface area (TPSA) is 46.5 Å². The van der Waals surface area contributed by atoms with Crippen molar-refractivity contribution < 1.29 is 14.3 Å². The van der Waals surface area contributed by atoms with Gasteiger partial charge in [-0.3, -0.25) is 4.79 Å². The zero-order chi connectivity index (χ0) is 16.1. The first-order chi connectivity index (χ1) is 9.46. The minimum Gasteiger partial charge on any atom is -0.481 e. The number of carboxylic acids is 1. The lowest BCUT2D eigenvalue weighted by molar-refractivity contribution is -0.144. The molecule has 120 valence electrons. The Labute approximate surface area is 129 Å². The average molecular weight is 311 g/mol. The molecule has 0 amide bonds. The van der Waals surface area contributed by atoms with E-state index in [2.05, 4.69) is 39.9 Å². The van der Waals surface area contributed by atoms with Gasteiger partial charge in [0.2, 0.25) is 0 Å². The van der Waals surface area contributed by atoms with Gasteiger partial charge in [0, 0.05) is 0 Å². The second-order valence-electron chi connectivity index (χ2n) is 8.48. The fourth-order valence-electron chi connectivity index (χ4n) is 3.18. The predicted molar refractivity (Wildman–Crippen MR) is 87.9 cm³/mol. The van der Waals surface area contributed by atoms with E-state index in [1.807, 2.05) is 6.92 Å². The Kier molecular flexibility index (Phi) is 3.95. The predicted octanol–water partition coefficient (Wildman–Crippen LogP) is 4.74. The van der Waals surface area contributed by atoms with Crippen LogP contribution in [-0.2, 0) is 9.22 Å². The van der Waals surface area contributed by atoms with E-state index in [1.54, 1.807) is 0 Å². The third-order valence-electron chi connectivity index (χ3n) is 5.89. The summed E-state index contributed by atoms with van der Waals surface area (Å²) in [5.41, 5.74) is -0.0306. The molecule has 1 saturated carbocycles. The maximum Gasteiger partial charge on any atom is 0.312 e. The van der Waals surface area contributed by atoms with Crippen LogP contribution in [0.15, 0.2) is 11.6 Å². The van der Waals surface area contributed by atoms with Gasteiger partial charge in [-0.05, 0) is 62.7 Å². The number of hydrogen-bond donors (Lipinski definition) is 1. The van der Waals surface area contributed by atoms with Gasteiger partial charge in [0.1, 0.15) is 0 Å². The summed E-state index contributed by atoms with van der Waals surface area (Å²) in [7, 11) is -2.00. The van der Waals surface area contributed by atoms with Crippen molar-refractivity contribution in [3.05, 3.63) is 11.6 Å². The number of allylic oxidation sites excluding steroid dienone is 1. The Morgan fingerprint density at radius 2 is 1.95 bits per heavy atom. The first-order valence-electron chi connectivity index (χ1n) is 8.09. The van der Waals surface area contributed by atoms with E-state index < -0.39 is 25.3 Å². The highest BCUT2D eigenvalue weighted by atomic mass is 28.4. The van der Waals surface area contributed by atoms with Crippen LogP contribution < -0.4 is 0 Å². The number of carbonyl (C=O) groups is 1. The molecule has 1 fully saturated rings. The SMILES string of the molecule is CC1(C(=O)O)CC1(O[Si](C)(C)C(C)(C)C)C1=CCCCC1. The molecule has 0 spiro atoms. The van der Waals surface area contributed by atoms with Crippen LogP contribution in [0.3, 0.4) is 0 Å². The fraction of sp³-hybridized carbons (Fsp3) is 0.824. The van der Waals surface area contributed by atoms with Gasteiger partial charge in [0.25, 0.3) is 0 Å². The van der Waals surface area contributed by atoms with Crippen molar-refractivity contribution in [3.8, 4) is 0 Å². The van der Waals surface area contributed by atoms with Crippen LogP contribution in [0.5, 0.6) is 0 Å². The molecule has 2 rings (SSSR count). The van der Waals surface area contributed by atoms with Crippen LogP contribution in [0.4, 0.5) is 0 Å². The molecule has 0 aliphatic heterocycles. The van der Waals surface area contributed by atoms with Gasteiger partial charge < -0.3 is 9.53 Å². The van der Waals surface area contributed by atoms with E-state index in [9.17, 15) is 9.90 Å². The van der Waals surface area contributed by atoms with Gasteiger partial charge in [-0.1, -0.05) is 26.8 Å². The van der Waals surface area contributed by atoms with Gasteiger partial charge in [-0.25, -0.2) is 0 Å². The van der Waals surface area contributed by atoms with Gasteiger partial charge in [-0.15, -0.1) is 0 Å². The molecule has 0 aromatic rings. The molecule has 2 aliphatic rings. The Balaban J connectivity index is 2.37. The third kappa shape index (κ3) is 2.61. The lowest BCUT2D eigenvalue weighted by Crippen LogP contribution is -2.48. The van der Waals surface area contributed by atoms with Crippen molar-refractivity contribution >= 4 is 14.3 Å². The van der Waals surface area contributed by atoms with Crippen molar-refractivity contribution in [3.63, 3.8) is 0 Å². The molecule has 2 aliphatic carbocycles. The normalized spacial score (nSPS) is 33.5. The van der Waals surface area contributed by atoms with E-state index in [0.29, 0.717) is 6.42 Å². The summed E-state index contributed by atoms with van der Waals surface area (Å²) in [6, 6.07) is 0. The van der Waals surface area contributed by atoms with E-state index >= 15 is 0 Å². The highest BCUT2D eigenvalue weighted by molar-refractivity contribution is 6.74. The summed E-state index contributed by atoms with van der Waals surface area (Å²) < 4.78 is 6.71. The maximum atomic E-state index is 11.8. The Hall–Kier alpha value is -0.613. The first kappa shape index (κ1) is 16.8. The van der Waals surface area contributed by atoms with E-state index in [0.717, 1.165) is 19.3 Å². The molecule has 3 nitrogen and oxygen atoms in total. The van der Waals surface area contributed by atoms with Crippen LogP contribution in [0.2, 0.25) is 18.1 Å².